The molecule has 0 aliphatic carbocycles. The normalized spacial score (nSPS) is 11.5. The van der Waals surface area contributed by atoms with Gasteiger partial charge in [0.1, 0.15) is 5.69 Å². The molecule has 0 atom stereocenters. The maximum absolute atomic E-state index is 11.6. The van der Waals surface area contributed by atoms with Gasteiger partial charge in [-0.2, -0.15) is 5.21 Å². The Kier molecular flexibility index (Phi) is 2.04. The minimum absolute atomic E-state index is 0.0784. The third-order valence-corrected chi connectivity index (χ3v) is 2.22. The van der Waals surface area contributed by atoms with Crippen molar-refractivity contribution in [3.63, 3.8) is 0 Å². The van der Waals surface area contributed by atoms with E-state index in [2.05, 4.69) is 35.8 Å². The zero-order chi connectivity index (χ0) is 11.7. The molecule has 8 heteroatoms. The van der Waals surface area contributed by atoms with E-state index in [1.807, 2.05) is 12.1 Å². The number of benzene rings is 1. The SMILES string of the molecule is [O-]c1[nH]c2ccccc2c1N=Nc1nn[nH]n1. The molecule has 0 unspecified atom stereocenters. The molecule has 2 N–H and O–H groups in total. The largest absolute Gasteiger partial charge is 0.859 e. The van der Waals surface area contributed by atoms with Gasteiger partial charge in [-0.25, -0.2) is 0 Å². The summed E-state index contributed by atoms with van der Waals surface area (Å²) in [6.07, 6.45) is 0. The van der Waals surface area contributed by atoms with Crippen molar-refractivity contribution in [2.24, 2.45) is 10.2 Å². The molecule has 2 heterocycles. The van der Waals surface area contributed by atoms with Crippen molar-refractivity contribution < 1.29 is 5.11 Å². The Balaban J connectivity index is 2.08. The number of aromatic amines is 2. The van der Waals surface area contributed by atoms with Crippen LogP contribution in [0.15, 0.2) is 34.5 Å². The summed E-state index contributed by atoms with van der Waals surface area (Å²) >= 11 is 0. The Morgan fingerprint density at radius 2 is 2.06 bits per heavy atom. The number of fused-ring (bicyclic) bond motifs is 1. The van der Waals surface area contributed by atoms with Crippen LogP contribution in [0.25, 0.3) is 10.9 Å². The van der Waals surface area contributed by atoms with Crippen molar-refractivity contribution in [1.29, 1.82) is 0 Å². The number of hydrogen-bond acceptors (Lipinski definition) is 6. The predicted octanol–water partition coefficient (Wildman–Crippen LogP) is 1.17. The molecule has 2 aromatic heterocycles. The van der Waals surface area contributed by atoms with Gasteiger partial charge in [0.15, 0.2) is 0 Å². The Morgan fingerprint density at radius 3 is 2.88 bits per heavy atom. The second-order valence-corrected chi connectivity index (χ2v) is 3.26. The van der Waals surface area contributed by atoms with Crippen molar-refractivity contribution in [3.05, 3.63) is 24.3 Å². The first-order valence-corrected chi connectivity index (χ1v) is 4.77. The van der Waals surface area contributed by atoms with Gasteiger partial charge in [-0.05, 0) is 17.2 Å². The molecule has 0 spiro atoms. The molecule has 84 valence electrons. The van der Waals surface area contributed by atoms with Crippen LogP contribution in [0.1, 0.15) is 0 Å². The summed E-state index contributed by atoms with van der Waals surface area (Å²) < 4.78 is 0. The molecule has 8 nitrogen and oxygen atoms in total. The third-order valence-electron chi connectivity index (χ3n) is 2.22. The number of aromatic nitrogens is 5. The molecule has 0 saturated carbocycles. The fourth-order valence-electron chi connectivity index (χ4n) is 1.50. The molecular formula is C9H6N7O-. The van der Waals surface area contributed by atoms with Crippen molar-refractivity contribution in [2.75, 3.05) is 0 Å². The summed E-state index contributed by atoms with van der Waals surface area (Å²) in [5.41, 5.74) is 0.963. The predicted molar refractivity (Wildman–Crippen MR) is 56.1 cm³/mol. The van der Waals surface area contributed by atoms with E-state index < -0.39 is 0 Å². The lowest BCUT2D eigenvalue weighted by Gasteiger charge is -1.99. The van der Waals surface area contributed by atoms with Gasteiger partial charge < -0.3 is 10.1 Å². The average Bonchev–Trinajstić information content (AvgIpc) is 2.93. The smallest absolute Gasteiger partial charge is 0.307 e. The number of azo groups is 1. The van der Waals surface area contributed by atoms with Crippen LogP contribution >= 0.6 is 0 Å². The number of tetrazole rings is 1. The zero-order valence-corrected chi connectivity index (χ0v) is 8.45. The van der Waals surface area contributed by atoms with E-state index in [4.69, 9.17) is 0 Å². The number of rotatable bonds is 2. The van der Waals surface area contributed by atoms with E-state index in [-0.39, 0.29) is 17.5 Å². The lowest BCUT2D eigenvalue weighted by Crippen LogP contribution is -1.88. The second kappa shape index (κ2) is 3.67. The second-order valence-electron chi connectivity index (χ2n) is 3.26. The first kappa shape index (κ1) is 9.46. The van der Waals surface area contributed by atoms with E-state index in [0.717, 1.165) is 5.52 Å². The van der Waals surface area contributed by atoms with Crippen LogP contribution in [-0.4, -0.2) is 25.6 Å². The van der Waals surface area contributed by atoms with Crippen LogP contribution in [0, 0.1) is 0 Å². The lowest BCUT2D eigenvalue weighted by atomic mass is 10.2. The van der Waals surface area contributed by atoms with Gasteiger partial charge in [0.05, 0.1) is 0 Å². The van der Waals surface area contributed by atoms with Gasteiger partial charge in [-0.3, -0.25) is 0 Å². The molecule has 0 amide bonds. The van der Waals surface area contributed by atoms with Crippen LogP contribution in [0.5, 0.6) is 5.88 Å². The number of hydrogen-bond donors (Lipinski definition) is 2. The van der Waals surface area contributed by atoms with Crippen molar-refractivity contribution in [3.8, 4) is 5.88 Å². The van der Waals surface area contributed by atoms with E-state index >= 15 is 0 Å². The lowest BCUT2D eigenvalue weighted by molar-refractivity contribution is -0.273. The Labute approximate surface area is 94.4 Å². The number of para-hydroxylation sites is 1. The highest BCUT2D eigenvalue weighted by Gasteiger charge is 2.04. The quantitative estimate of drug-likeness (QED) is 0.640. The average molecular weight is 228 g/mol. The molecule has 0 aliphatic heterocycles. The van der Waals surface area contributed by atoms with Gasteiger partial charge in [0.25, 0.3) is 0 Å². The molecule has 0 bridgehead atoms. The van der Waals surface area contributed by atoms with Crippen molar-refractivity contribution in [1.82, 2.24) is 25.6 Å². The zero-order valence-electron chi connectivity index (χ0n) is 8.45. The summed E-state index contributed by atoms with van der Waals surface area (Å²) in [5, 5.41) is 32.7. The van der Waals surface area contributed by atoms with Crippen molar-refractivity contribution >= 4 is 22.5 Å². The summed E-state index contributed by atoms with van der Waals surface area (Å²) in [6.45, 7) is 0. The summed E-state index contributed by atoms with van der Waals surface area (Å²) in [7, 11) is 0. The summed E-state index contributed by atoms with van der Waals surface area (Å²) in [4.78, 5) is 2.68. The molecule has 0 radical (unpaired) electrons. The molecule has 0 aliphatic rings. The molecule has 17 heavy (non-hydrogen) atoms. The minimum atomic E-state index is -0.293. The van der Waals surface area contributed by atoms with Crippen LogP contribution in [0.3, 0.4) is 0 Å². The van der Waals surface area contributed by atoms with Crippen LogP contribution in [-0.2, 0) is 0 Å². The van der Waals surface area contributed by atoms with Gasteiger partial charge >= 0.3 is 5.95 Å². The monoisotopic (exact) mass is 228 g/mol. The third kappa shape index (κ3) is 1.61. The molecule has 0 saturated heterocycles. The van der Waals surface area contributed by atoms with Crippen molar-refractivity contribution in [2.45, 2.75) is 0 Å². The van der Waals surface area contributed by atoms with Gasteiger partial charge in [-0.1, -0.05) is 23.3 Å². The Morgan fingerprint density at radius 1 is 1.18 bits per heavy atom. The van der Waals surface area contributed by atoms with E-state index in [0.29, 0.717) is 5.39 Å². The molecule has 3 rings (SSSR count). The number of nitrogens with one attached hydrogen (secondary N) is 2. The van der Waals surface area contributed by atoms with Crippen LogP contribution in [0.2, 0.25) is 0 Å². The highest BCUT2D eigenvalue weighted by molar-refractivity contribution is 5.93. The molecule has 0 fully saturated rings. The van der Waals surface area contributed by atoms with Crippen LogP contribution < -0.4 is 5.11 Å². The number of H-pyrrole nitrogens is 2. The molecule has 3 aromatic rings. The van der Waals surface area contributed by atoms with E-state index in [1.54, 1.807) is 12.1 Å². The number of nitrogens with zero attached hydrogens (tertiary/aromatic N) is 5. The first-order chi connectivity index (χ1) is 8.34. The molecule has 1 aromatic carbocycles. The maximum atomic E-state index is 11.6. The van der Waals surface area contributed by atoms with Gasteiger partial charge in [0, 0.05) is 10.9 Å². The fraction of sp³-hybridized carbons (Fsp3) is 0. The maximum Gasteiger partial charge on any atom is 0.307 e. The standard InChI is InChI=1S/C9H7N7O/c17-8-7(11-12-9-13-15-16-14-9)5-3-1-2-4-6(5)10-8/h1-4,10,17H,(H,13,14,15,16)/p-1. The topological polar surface area (TPSA) is 118 Å². The highest BCUT2D eigenvalue weighted by atomic mass is 16.3. The fourth-order valence-corrected chi connectivity index (χ4v) is 1.50. The van der Waals surface area contributed by atoms with E-state index in [9.17, 15) is 5.11 Å². The van der Waals surface area contributed by atoms with Gasteiger partial charge in [-0.15, -0.1) is 15.3 Å². The highest BCUT2D eigenvalue weighted by Crippen LogP contribution is 2.33. The summed E-state index contributed by atoms with van der Waals surface area (Å²) in [5.74, 6) is -0.215. The Hall–Kier alpha value is -2.77. The summed E-state index contributed by atoms with van der Waals surface area (Å²) in [6, 6.07) is 7.24. The molecular weight excluding hydrogens is 222 g/mol. The van der Waals surface area contributed by atoms with Gasteiger partial charge in [0.2, 0.25) is 0 Å². The van der Waals surface area contributed by atoms with Crippen LogP contribution in [0.4, 0.5) is 11.6 Å². The first-order valence-electron chi connectivity index (χ1n) is 4.77. The Bertz CT molecular complexity index is 670. The van der Waals surface area contributed by atoms with E-state index in [1.165, 1.54) is 0 Å². The minimum Gasteiger partial charge on any atom is -0.859 e.